The van der Waals surface area contributed by atoms with Gasteiger partial charge in [-0.2, -0.15) is 0 Å². The molecule has 0 atom stereocenters. The van der Waals surface area contributed by atoms with Crippen LogP contribution in [0.2, 0.25) is 0 Å². The lowest BCUT2D eigenvalue weighted by Gasteiger charge is -1.97. The van der Waals surface area contributed by atoms with Gasteiger partial charge in [0.15, 0.2) is 0 Å². The van der Waals surface area contributed by atoms with Crippen molar-refractivity contribution in [2.24, 2.45) is 0 Å². The zero-order valence-corrected chi connectivity index (χ0v) is 10.9. The summed E-state index contributed by atoms with van der Waals surface area (Å²) in [5.41, 5.74) is 9.79. The summed E-state index contributed by atoms with van der Waals surface area (Å²) in [6.07, 6.45) is 0. The second kappa shape index (κ2) is 3.74. The van der Waals surface area contributed by atoms with E-state index in [1.54, 1.807) is 29.5 Å². The highest BCUT2D eigenvalue weighted by Crippen LogP contribution is 2.37. The number of aromatic amines is 1. The third-order valence-electron chi connectivity index (χ3n) is 3.11. The van der Waals surface area contributed by atoms with Crippen LogP contribution in [0.25, 0.3) is 22.4 Å². The average Bonchev–Trinajstić information content (AvgIpc) is 2.80. The van der Waals surface area contributed by atoms with Gasteiger partial charge in [0.1, 0.15) is 11.6 Å². The molecule has 1 aromatic carbocycles. The Bertz CT molecular complexity index is 742. The summed E-state index contributed by atoms with van der Waals surface area (Å²) in [4.78, 5) is 8.92. The molecule has 0 radical (unpaired) electrons. The molecule has 0 aliphatic rings. The number of hydrogen-bond acceptors (Lipinski definition) is 4. The van der Waals surface area contributed by atoms with Crippen LogP contribution in [0.3, 0.4) is 0 Å². The van der Waals surface area contributed by atoms with Crippen LogP contribution < -0.4 is 5.73 Å². The quantitative estimate of drug-likeness (QED) is 0.628. The topological polar surface area (TPSA) is 74.9 Å². The van der Waals surface area contributed by atoms with Crippen molar-refractivity contribution in [1.29, 1.82) is 0 Å². The first kappa shape index (κ1) is 11.1. The number of imidazole rings is 1. The minimum Gasteiger partial charge on any atom is -0.508 e. The molecule has 0 saturated heterocycles. The van der Waals surface area contributed by atoms with E-state index in [1.807, 2.05) is 13.8 Å². The molecule has 3 aromatic rings. The number of phenolic OH excluding ortho intramolecular Hbond substituents is 1. The molecule has 2 heterocycles. The Morgan fingerprint density at radius 2 is 2.11 bits per heavy atom. The Morgan fingerprint density at radius 3 is 2.78 bits per heavy atom. The molecule has 0 fully saturated rings. The minimum atomic E-state index is 0.226. The second-order valence-electron chi connectivity index (χ2n) is 4.31. The number of hydrogen-bond donors (Lipinski definition) is 3. The van der Waals surface area contributed by atoms with E-state index < -0.39 is 0 Å². The van der Waals surface area contributed by atoms with Crippen LogP contribution >= 0.6 is 11.3 Å². The van der Waals surface area contributed by atoms with E-state index in [2.05, 4.69) is 9.97 Å². The number of nitrogens with one attached hydrogen (secondary N) is 1. The molecule has 4 nitrogen and oxygen atoms in total. The van der Waals surface area contributed by atoms with Gasteiger partial charge in [-0.1, -0.05) is 0 Å². The van der Waals surface area contributed by atoms with Crippen LogP contribution in [0.1, 0.15) is 10.4 Å². The molecular weight excluding hydrogens is 246 g/mol. The number of benzene rings is 1. The number of nitrogens with zero attached hydrogens (tertiary/aromatic N) is 1. The lowest BCUT2D eigenvalue weighted by atomic mass is 10.1. The summed E-state index contributed by atoms with van der Waals surface area (Å²) in [5, 5.41) is 10.2. The van der Waals surface area contributed by atoms with Gasteiger partial charge in [0.25, 0.3) is 0 Å². The van der Waals surface area contributed by atoms with Crippen molar-refractivity contribution >= 4 is 27.4 Å². The van der Waals surface area contributed by atoms with Gasteiger partial charge in [-0.05, 0) is 31.5 Å². The fraction of sp³-hybridized carbons (Fsp3) is 0.154. The highest BCUT2D eigenvalue weighted by molar-refractivity contribution is 7.16. The number of thiophene rings is 1. The minimum absolute atomic E-state index is 0.226. The zero-order chi connectivity index (χ0) is 12.9. The Labute approximate surface area is 108 Å². The Balaban J connectivity index is 2.25. The van der Waals surface area contributed by atoms with Crippen molar-refractivity contribution in [2.75, 3.05) is 5.73 Å². The number of aromatic nitrogens is 2. The standard InChI is InChI=1S/C13H13N3OS/c1-6-7(2)18-12(14)11(6)13-15-9-4-3-8(17)5-10(9)16-13/h3-5,17H,14H2,1-2H3,(H,15,16). The first-order chi connectivity index (χ1) is 8.56. The van der Waals surface area contributed by atoms with E-state index in [1.165, 1.54) is 4.88 Å². The number of nitrogens with two attached hydrogens (primary N) is 1. The number of rotatable bonds is 1. The smallest absolute Gasteiger partial charge is 0.141 e. The van der Waals surface area contributed by atoms with Gasteiger partial charge >= 0.3 is 0 Å². The molecule has 0 saturated carbocycles. The molecular formula is C13H13N3OS. The molecule has 4 N–H and O–H groups in total. The van der Waals surface area contributed by atoms with Crippen LogP contribution in [0, 0.1) is 13.8 Å². The molecule has 0 aliphatic heterocycles. The Morgan fingerprint density at radius 1 is 1.33 bits per heavy atom. The monoisotopic (exact) mass is 259 g/mol. The van der Waals surface area contributed by atoms with E-state index in [-0.39, 0.29) is 5.75 Å². The van der Waals surface area contributed by atoms with Crippen molar-refractivity contribution in [1.82, 2.24) is 9.97 Å². The Kier molecular flexibility index (Phi) is 2.31. The first-order valence-electron chi connectivity index (χ1n) is 5.61. The second-order valence-corrected chi connectivity index (χ2v) is 5.57. The van der Waals surface area contributed by atoms with Crippen molar-refractivity contribution in [3.63, 3.8) is 0 Å². The predicted octanol–water partition coefficient (Wildman–Crippen LogP) is 3.20. The molecule has 18 heavy (non-hydrogen) atoms. The van der Waals surface area contributed by atoms with Gasteiger partial charge in [0.2, 0.25) is 0 Å². The third kappa shape index (κ3) is 1.55. The lowest BCUT2D eigenvalue weighted by Crippen LogP contribution is -1.87. The van der Waals surface area contributed by atoms with E-state index in [9.17, 15) is 5.11 Å². The third-order valence-corrected chi connectivity index (χ3v) is 4.15. The number of fused-ring (bicyclic) bond motifs is 1. The van der Waals surface area contributed by atoms with Gasteiger partial charge in [0, 0.05) is 10.9 Å². The summed E-state index contributed by atoms with van der Waals surface area (Å²) in [6.45, 7) is 4.09. The summed E-state index contributed by atoms with van der Waals surface area (Å²) in [5.74, 6) is 0.985. The summed E-state index contributed by atoms with van der Waals surface area (Å²) < 4.78 is 0. The van der Waals surface area contributed by atoms with E-state index >= 15 is 0 Å². The highest BCUT2D eigenvalue weighted by atomic mass is 32.1. The molecule has 0 amide bonds. The van der Waals surface area contributed by atoms with Gasteiger partial charge in [-0.15, -0.1) is 11.3 Å². The maximum absolute atomic E-state index is 9.45. The SMILES string of the molecule is Cc1sc(N)c(-c2nc3ccc(O)cc3[nH]2)c1C. The molecule has 0 unspecified atom stereocenters. The average molecular weight is 259 g/mol. The zero-order valence-electron chi connectivity index (χ0n) is 10.1. The fourth-order valence-corrected chi connectivity index (χ4v) is 3.00. The number of anilines is 1. The van der Waals surface area contributed by atoms with Crippen molar-refractivity contribution in [3.05, 3.63) is 28.6 Å². The van der Waals surface area contributed by atoms with Crippen LogP contribution in [0.5, 0.6) is 5.75 Å². The van der Waals surface area contributed by atoms with Gasteiger partial charge in [0.05, 0.1) is 21.6 Å². The van der Waals surface area contributed by atoms with Crippen molar-refractivity contribution < 1.29 is 5.11 Å². The molecule has 0 spiro atoms. The van der Waals surface area contributed by atoms with Crippen LogP contribution in [-0.2, 0) is 0 Å². The molecule has 0 aliphatic carbocycles. The van der Waals surface area contributed by atoms with E-state index in [0.29, 0.717) is 0 Å². The van der Waals surface area contributed by atoms with Gasteiger partial charge in [-0.25, -0.2) is 4.98 Å². The summed E-state index contributed by atoms with van der Waals surface area (Å²) in [6, 6.07) is 5.08. The summed E-state index contributed by atoms with van der Waals surface area (Å²) >= 11 is 1.57. The molecule has 0 bridgehead atoms. The van der Waals surface area contributed by atoms with Crippen molar-refractivity contribution in [2.45, 2.75) is 13.8 Å². The number of aromatic hydroxyl groups is 1. The number of phenols is 1. The maximum Gasteiger partial charge on any atom is 0.141 e. The normalized spacial score (nSPS) is 11.2. The van der Waals surface area contributed by atoms with Gasteiger partial charge in [-0.3, -0.25) is 0 Å². The summed E-state index contributed by atoms with van der Waals surface area (Å²) in [7, 11) is 0. The molecule has 92 valence electrons. The predicted molar refractivity (Wildman–Crippen MR) is 75.0 cm³/mol. The molecule has 2 aromatic heterocycles. The molecule has 3 rings (SSSR count). The number of aryl methyl sites for hydroxylation is 1. The molecule has 5 heteroatoms. The fourth-order valence-electron chi connectivity index (χ4n) is 2.06. The largest absolute Gasteiger partial charge is 0.508 e. The number of nitrogen functional groups attached to an aromatic ring is 1. The van der Waals surface area contributed by atoms with Crippen LogP contribution in [0.15, 0.2) is 18.2 Å². The van der Waals surface area contributed by atoms with Crippen LogP contribution in [0.4, 0.5) is 5.00 Å². The van der Waals surface area contributed by atoms with E-state index in [0.717, 1.165) is 33.0 Å². The lowest BCUT2D eigenvalue weighted by molar-refractivity contribution is 0.476. The Hall–Kier alpha value is -2.01. The highest BCUT2D eigenvalue weighted by Gasteiger charge is 2.15. The van der Waals surface area contributed by atoms with E-state index in [4.69, 9.17) is 5.73 Å². The van der Waals surface area contributed by atoms with Crippen molar-refractivity contribution in [3.8, 4) is 17.1 Å². The maximum atomic E-state index is 9.45. The first-order valence-corrected chi connectivity index (χ1v) is 6.42. The number of H-pyrrole nitrogens is 1. The van der Waals surface area contributed by atoms with Gasteiger partial charge < -0.3 is 15.8 Å². The van der Waals surface area contributed by atoms with Crippen LogP contribution in [-0.4, -0.2) is 15.1 Å².